The van der Waals surface area contributed by atoms with Crippen LogP contribution in [0.2, 0.25) is 10.0 Å². The summed E-state index contributed by atoms with van der Waals surface area (Å²) in [6.45, 7) is 1.75. The number of nitrogens with zero attached hydrogens (tertiary/aromatic N) is 2. The number of nitrogens with one attached hydrogen (secondary N) is 1. The molecule has 0 aliphatic carbocycles. The van der Waals surface area contributed by atoms with Crippen LogP contribution in [0.15, 0.2) is 59.5 Å². The highest BCUT2D eigenvalue weighted by molar-refractivity contribution is 7.89. The molecule has 0 fully saturated rings. The van der Waals surface area contributed by atoms with E-state index in [0.29, 0.717) is 30.2 Å². The van der Waals surface area contributed by atoms with Crippen molar-refractivity contribution in [3.63, 3.8) is 0 Å². The van der Waals surface area contributed by atoms with Gasteiger partial charge in [0.15, 0.2) is 12.4 Å². The first-order chi connectivity index (χ1) is 16.6. The number of carbonyl (C=O) groups is 2. The van der Waals surface area contributed by atoms with Crippen molar-refractivity contribution in [3.05, 3.63) is 87.0 Å². The minimum Gasteiger partial charge on any atom is -0.452 e. The Morgan fingerprint density at radius 1 is 1.06 bits per heavy atom. The van der Waals surface area contributed by atoms with Crippen molar-refractivity contribution in [1.82, 2.24) is 9.29 Å². The van der Waals surface area contributed by atoms with Crippen LogP contribution in [-0.2, 0) is 32.5 Å². The number of carbonyl (C=O) groups excluding carboxylic acids is 2. The molecule has 0 radical (unpaired) electrons. The van der Waals surface area contributed by atoms with Gasteiger partial charge in [-0.1, -0.05) is 47.5 Å². The highest BCUT2D eigenvalue weighted by atomic mass is 35.5. The fourth-order valence-electron chi connectivity index (χ4n) is 3.62. The molecule has 1 aromatic heterocycles. The van der Waals surface area contributed by atoms with Gasteiger partial charge in [-0.25, -0.2) is 18.2 Å². The molecule has 0 saturated carbocycles. The lowest BCUT2D eigenvalue weighted by atomic mass is 10.0. The van der Waals surface area contributed by atoms with E-state index in [0.717, 1.165) is 11.1 Å². The molecule has 0 saturated heterocycles. The Kier molecular flexibility index (Phi) is 7.42. The molecule has 11 heteroatoms. The van der Waals surface area contributed by atoms with Gasteiger partial charge in [0.2, 0.25) is 10.0 Å². The van der Waals surface area contributed by atoms with E-state index in [-0.39, 0.29) is 21.3 Å². The predicted molar refractivity (Wildman–Crippen MR) is 132 cm³/mol. The van der Waals surface area contributed by atoms with Crippen LogP contribution in [0.3, 0.4) is 0 Å². The van der Waals surface area contributed by atoms with Gasteiger partial charge in [0.05, 0.1) is 26.2 Å². The maximum atomic E-state index is 13.1. The minimum atomic E-state index is -3.73. The summed E-state index contributed by atoms with van der Waals surface area (Å²) in [7, 11) is -3.73. The maximum Gasteiger partial charge on any atom is 0.338 e. The summed E-state index contributed by atoms with van der Waals surface area (Å²) in [5.74, 6) is -1.31. The van der Waals surface area contributed by atoms with E-state index in [4.69, 9.17) is 27.9 Å². The SMILES string of the molecule is Cc1nc(NC(=O)COC(=O)c2ccc(S(=O)(=O)N3CCc4ccccc4C3)cc2)c(Cl)cc1Cl. The van der Waals surface area contributed by atoms with Crippen LogP contribution in [0.4, 0.5) is 5.82 Å². The number of halogens is 2. The number of sulfonamides is 1. The van der Waals surface area contributed by atoms with E-state index < -0.39 is 28.5 Å². The van der Waals surface area contributed by atoms with Gasteiger partial charge < -0.3 is 10.1 Å². The van der Waals surface area contributed by atoms with Crippen molar-refractivity contribution in [3.8, 4) is 0 Å². The van der Waals surface area contributed by atoms with Crippen LogP contribution < -0.4 is 5.32 Å². The second-order valence-corrected chi connectivity index (χ2v) is 10.6. The summed E-state index contributed by atoms with van der Waals surface area (Å²) in [6.07, 6.45) is 0.637. The average Bonchev–Trinajstić information content (AvgIpc) is 2.85. The molecular formula is C24H21Cl2N3O5S. The first-order valence-electron chi connectivity index (χ1n) is 10.6. The standard InChI is InChI=1S/C24H21Cl2N3O5S/c1-15-20(25)12-21(26)23(27-15)28-22(30)14-34-24(31)17-6-8-19(9-7-17)35(32,33)29-11-10-16-4-2-3-5-18(16)13-29/h2-9,12H,10-11,13-14H2,1H3,(H,27,28,30). The first-order valence-corrected chi connectivity index (χ1v) is 12.8. The highest BCUT2D eigenvalue weighted by Crippen LogP contribution is 2.26. The Morgan fingerprint density at radius 2 is 1.74 bits per heavy atom. The molecule has 0 atom stereocenters. The van der Waals surface area contributed by atoms with Crippen LogP contribution in [0.1, 0.15) is 27.2 Å². The third kappa shape index (κ3) is 5.65. The number of hydrogen-bond acceptors (Lipinski definition) is 6. The van der Waals surface area contributed by atoms with Gasteiger partial charge >= 0.3 is 5.97 Å². The number of fused-ring (bicyclic) bond motifs is 1. The van der Waals surface area contributed by atoms with Gasteiger partial charge in [-0.3, -0.25) is 4.79 Å². The molecule has 2 aromatic carbocycles. The van der Waals surface area contributed by atoms with Gasteiger partial charge in [0.1, 0.15) is 0 Å². The molecule has 4 rings (SSSR count). The minimum absolute atomic E-state index is 0.0741. The second kappa shape index (κ2) is 10.3. The summed E-state index contributed by atoms with van der Waals surface area (Å²) in [5.41, 5.74) is 2.71. The zero-order valence-electron chi connectivity index (χ0n) is 18.6. The summed E-state index contributed by atoms with van der Waals surface area (Å²) in [5, 5.41) is 2.96. The fraction of sp³-hybridized carbons (Fsp3) is 0.208. The summed E-state index contributed by atoms with van der Waals surface area (Å²) >= 11 is 11.9. The zero-order chi connectivity index (χ0) is 25.2. The van der Waals surface area contributed by atoms with E-state index in [1.165, 1.54) is 34.6 Å². The number of benzene rings is 2. The van der Waals surface area contributed by atoms with Gasteiger partial charge in [0, 0.05) is 13.1 Å². The fourth-order valence-corrected chi connectivity index (χ4v) is 5.44. The van der Waals surface area contributed by atoms with Gasteiger partial charge in [-0.05, 0) is 54.8 Å². The molecule has 8 nitrogen and oxygen atoms in total. The van der Waals surface area contributed by atoms with Crippen LogP contribution in [0, 0.1) is 6.92 Å². The molecule has 1 N–H and O–H groups in total. The van der Waals surface area contributed by atoms with Crippen molar-refractivity contribution < 1.29 is 22.7 Å². The van der Waals surface area contributed by atoms with Crippen molar-refractivity contribution >= 4 is 50.9 Å². The van der Waals surface area contributed by atoms with Crippen molar-refractivity contribution in [2.45, 2.75) is 24.8 Å². The van der Waals surface area contributed by atoms with E-state index in [1.54, 1.807) is 6.92 Å². The summed E-state index contributed by atoms with van der Waals surface area (Å²) in [4.78, 5) is 28.6. The topological polar surface area (TPSA) is 106 Å². The Morgan fingerprint density at radius 3 is 2.46 bits per heavy atom. The number of hydrogen-bond donors (Lipinski definition) is 1. The molecule has 1 aliphatic rings. The number of amides is 1. The number of esters is 1. The van der Waals surface area contributed by atoms with E-state index in [2.05, 4.69) is 10.3 Å². The molecule has 35 heavy (non-hydrogen) atoms. The average molecular weight is 534 g/mol. The monoisotopic (exact) mass is 533 g/mol. The number of aryl methyl sites for hydroxylation is 1. The molecule has 0 spiro atoms. The van der Waals surface area contributed by atoms with E-state index in [9.17, 15) is 18.0 Å². The lowest BCUT2D eigenvalue weighted by Gasteiger charge is -2.28. The van der Waals surface area contributed by atoms with Crippen LogP contribution in [0.5, 0.6) is 0 Å². The van der Waals surface area contributed by atoms with Crippen LogP contribution >= 0.6 is 23.2 Å². The van der Waals surface area contributed by atoms with Gasteiger partial charge in [-0.2, -0.15) is 4.31 Å². The van der Waals surface area contributed by atoms with E-state index >= 15 is 0 Å². The molecule has 182 valence electrons. The Hall–Kier alpha value is -2.98. The van der Waals surface area contributed by atoms with E-state index in [1.807, 2.05) is 24.3 Å². The molecule has 0 bridgehead atoms. The molecule has 2 heterocycles. The number of aromatic nitrogens is 1. The predicted octanol–water partition coefficient (Wildman–Crippen LogP) is 4.24. The lowest BCUT2D eigenvalue weighted by Crippen LogP contribution is -2.35. The summed E-state index contributed by atoms with van der Waals surface area (Å²) < 4.78 is 32.6. The van der Waals surface area contributed by atoms with Gasteiger partial charge in [0.25, 0.3) is 5.91 Å². The third-order valence-electron chi connectivity index (χ3n) is 5.52. The van der Waals surface area contributed by atoms with Gasteiger partial charge in [-0.15, -0.1) is 0 Å². The van der Waals surface area contributed by atoms with Crippen LogP contribution in [0.25, 0.3) is 0 Å². The number of anilines is 1. The first kappa shape index (κ1) is 25.1. The lowest BCUT2D eigenvalue weighted by molar-refractivity contribution is -0.119. The second-order valence-electron chi connectivity index (χ2n) is 7.89. The smallest absolute Gasteiger partial charge is 0.338 e. The Balaban J connectivity index is 1.36. The highest BCUT2D eigenvalue weighted by Gasteiger charge is 2.28. The molecular weight excluding hydrogens is 513 g/mol. The molecule has 1 aliphatic heterocycles. The van der Waals surface area contributed by atoms with Crippen molar-refractivity contribution in [2.24, 2.45) is 0 Å². The number of ether oxygens (including phenoxy) is 1. The largest absolute Gasteiger partial charge is 0.452 e. The molecule has 3 aromatic rings. The quantitative estimate of drug-likeness (QED) is 0.475. The van der Waals surface area contributed by atoms with Crippen molar-refractivity contribution in [1.29, 1.82) is 0 Å². The molecule has 1 amide bonds. The normalized spacial score (nSPS) is 13.7. The number of pyridine rings is 1. The van der Waals surface area contributed by atoms with Crippen LogP contribution in [-0.4, -0.2) is 42.7 Å². The summed E-state index contributed by atoms with van der Waals surface area (Å²) in [6, 6.07) is 14.6. The molecule has 0 unspecified atom stereocenters. The Labute approximate surface area is 212 Å². The number of rotatable bonds is 6. The Bertz CT molecular complexity index is 1390. The zero-order valence-corrected chi connectivity index (χ0v) is 21.0. The maximum absolute atomic E-state index is 13.1. The van der Waals surface area contributed by atoms with Crippen molar-refractivity contribution in [2.75, 3.05) is 18.5 Å². The third-order valence-corrected chi connectivity index (χ3v) is 8.05.